The van der Waals surface area contributed by atoms with Crippen LogP contribution in [-0.4, -0.2) is 69.0 Å². The summed E-state index contributed by atoms with van der Waals surface area (Å²) in [7, 11) is 0. The summed E-state index contributed by atoms with van der Waals surface area (Å²) >= 11 is 29.6. The highest BCUT2D eigenvalue weighted by molar-refractivity contribution is 7.82. The van der Waals surface area contributed by atoms with Crippen LogP contribution in [0, 0.1) is 5.41 Å². The molecule has 1 rings (SSSR count). The Labute approximate surface area is 180 Å². The van der Waals surface area contributed by atoms with Gasteiger partial charge in [-0.1, -0.05) is 43.7 Å². The molecule has 8 heteroatoms. The van der Waals surface area contributed by atoms with Crippen molar-refractivity contribution in [3.63, 3.8) is 0 Å². The average molecular weight is 443 g/mol. The van der Waals surface area contributed by atoms with Gasteiger partial charge in [0, 0.05) is 49.2 Å². The molecule has 0 heterocycles. The largest absolute Gasteiger partial charge is 0.364 e. The maximum atomic E-state index is 6.01. The van der Waals surface area contributed by atoms with Gasteiger partial charge in [0.1, 0.15) is 0 Å². The molecule has 0 spiro atoms. The van der Waals surface area contributed by atoms with Crippen LogP contribution in [0.1, 0.15) is 32.1 Å². The molecule has 0 amide bonds. The minimum atomic E-state index is -0.180. The fourth-order valence-corrected chi connectivity index (χ4v) is 5.39. The topological polar surface area (TPSA) is 6.48 Å². The molecule has 0 atom stereocenters. The van der Waals surface area contributed by atoms with Crippen LogP contribution in [0.3, 0.4) is 0 Å². The summed E-state index contributed by atoms with van der Waals surface area (Å²) in [4.78, 5) is 6.54. The van der Waals surface area contributed by atoms with Gasteiger partial charge in [0.25, 0.3) is 0 Å². The Morgan fingerprint density at radius 2 is 1.00 bits per heavy atom. The fourth-order valence-electron chi connectivity index (χ4n) is 3.39. The second-order valence-corrected chi connectivity index (χ2v) is 8.68. The maximum Gasteiger partial charge on any atom is 0.0911 e. The minimum absolute atomic E-state index is 0.180. The molecule has 24 heavy (non-hydrogen) atoms. The van der Waals surface area contributed by atoms with Gasteiger partial charge in [-0.3, -0.25) is 0 Å². The average Bonchev–Trinajstić information content (AvgIpc) is 2.60. The lowest BCUT2D eigenvalue weighted by molar-refractivity contribution is 0.307. The minimum Gasteiger partial charge on any atom is -0.364 e. The molecule has 0 unspecified atom stereocenters. The monoisotopic (exact) mass is 442 g/mol. The third kappa shape index (κ3) is 6.12. The van der Waals surface area contributed by atoms with Crippen molar-refractivity contribution < 1.29 is 0 Å². The van der Waals surface area contributed by atoms with Crippen LogP contribution >= 0.6 is 75.0 Å². The van der Waals surface area contributed by atoms with E-state index in [0.717, 1.165) is 72.0 Å². The number of thiocarbonyl (C=S) groups is 2. The van der Waals surface area contributed by atoms with E-state index in [0.29, 0.717) is 0 Å². The molecule has 1 saturated carbocycles. The van der Waals surface area contributed by atoms with Gasteiger partial charge in [-0.05, 0) is 12.8 Å². The molecule has 1 aliphatic rings. The number of nitrogens with zero attached hydrogens (tertiary/aromatic N) is 2. The van der Waals surface area contributed by atoms with E-state index < -0.39 is 0 Å². The first-order valence-electron chi connectivity index (χ1n) is 8.59. The predicted octanol–water partition coefficient (Wildman–Crippen LogP) is 3.91. The second kappa shape index (κ2) is 12.5. The number of hydrogen-bond donors (Lipinski definition) is 4. The van der Waals surface area contributed by atoms with E-state index in [4.69, 9.17) is 24.4 Å². The Balaban J connectivity index is 3.11. The quantitative estimate of drug-likeness (QED) is 0.301. The smallest absolute Gasteiger partial charge is 0.0911 e. The summed E-state index contributed by atoms with van der Waals surface area (Å²) in [5, 5.41) is 0. The normalized spacial score (nSPS) is 16.7. The van der Waals surface area contributed by atoms with Crippen LogP contribution in [0.4, 0.5) is 0 Å². The molecule has 2 nitrogen and oxygen atoms in total. The highest BCUT2D eigenvalue weighted by atomic mass is 32.1. The molecular weight excluding hydrogens is 413 g/mol. The van der Waals surface area contributed by atoms with E-state index in [9.17, 15) is 0 Å². The van der Waals surface area contributed by atoms with Gasteiger partial charge in [-0.25, -0.2) is 0 Å². The van der Waals surface area contributed by atoms with Crippen molar-refractivity contribution in [1.82, 2.24) is 9.80 Å². The molecule has 0 aliphatic heterocycles. The zero-order chi connectivity index (χ0) is 18.0. The van der Waals surface area contributed by atoms with Crippen molar-refractivity contribution >= 4 is 84.9 Å². The Hall–Kier alpha value is 1.18. The molecule has 0 N–H and O–H groups in total. The molecule has 0 aromatic rings. The van der Waals surface area contributed by atoms with Crippen LogP contribution < -0.4 is 0 Å². The first-order chi connectivity index (χ1) is 11.6. The molecule has 140 valence electrons. The molecule has 1 aliphatic carbocycles. The number of thiol groups is 4. The molecule has 0 saturated heterocycles. The van der Waals surface area contributed by atoms with E-state index in [-0.39, 0.29) is 5.41 Å². The van der Waals surface area contributed by atoms with Crippen molar-refractivity contribution in [3.8, 4) is 0 Å². The molecule has 0 aromatic heterocycles. The summed E-state index contributed by atoms with van der Waals surface area (Å²) < 4.78 is 0. The van der Waals surface area contributed by atoms with Crippen molar-refractivity contribution in [2.75, 3.05) is 49.2 Å². The highest BCUT2D eigenvalue weighted by Crippen LogP contribution is 2.41. The first-order valence-corrected chi connectivity index (χ1v) is 11.9. The zero-order valence-electron chi connectivity index (χ0n) is 14.2. The standard InChI is InChI=1S/C16H30N2S6/c19-10-6-17(7-11-20)14(23)16(4-2-1-3-5-16)15(24)18(8-12-21)9-13-22/h19-22H,1-13H2. The third-order valence-corrected chi connectivity index (χ3v) is 6.68. The number of hydrogen-bond acceptors (Lipinski definition) is 6. The van der Waals surface area contributed by atoms with Crippen molar-refractivity contribution in [3.05, 3.63) is 0 Å². The fraction of sp³-hybridized carbons (Fsp3) is 0.875. The van der Waals surface area contributed by atoms with Gasteiger partial charge >= 0.3 is 0 Å². The van der Waals surface area contributed by atoms with Gasteiger partial charge in [-0.2, -0.15) is 50.5 Å². The van der Waals surface area contributed by atoms with Gasteiger partial charge in [0.05, 0.1) is 15.4 Å². The van der Waals surface area contributed by atoms with Crippen molar-refractivity contribution in [2.24, 2.45) is 5.41 Å². The Morgan fingerprint density at radius 1 is 0.667 bits per heavy atom. The molecule has 0 bridgehead atoms. The molecule has 0 aromatic carbocycles. The third-order valence-electron chi connectivity index (χ3n) is 4.58. The Morgan fingerprint density at radius 3 is 1.29 bits per heavy atom. The zero-order valence-corrected chi connectivity index (χ0v) is 19.4. The molecular formula is C16H30N2S6. The van der Waals surface area contributed by atoms with Gasteiger partial charge in [0.15, 0.2) is 0 Å². The Kier molecular flexibility index (Phi) is 12.1. The lowest BCUT2D eigenvalue weighted by atomic mass is 9.72. The van der Waals surface area contributed by atoms with E-state index in [2.05, 4.69) is 60.3 Å². The second-order valence-electron chi connectivity index (χ2n) is 6.12. The van der Waals surface area contributed by atoms with Gasteiger partial charge < -0.3 is 9.80 Å². The van der Waals surface area contributed by atoms with E-state index in [1.165, 1.54) is 19.3 Å². The summed E-state index contributed by atoms with van der Waals surface area (Å²) in [6, 6.07) is 0. The SMILES string of the molecule is S=C(N(CCS)CCS)C1(C(=S)N(CCS)CCS)CCCCC1. The Bertz CT molecular complexity index is 356. The highest BCUT2D eigenvalue weighted by Gasteiger charge is 2.44. The van der Waals surface area contributed by atoms with Crippen LogP contribution in [0.25, 0.3) is 0 Å². The van der Waals surface area contributed by atoms with Crippen LogP contribution in [0.5, 0.6) is 0 Å². The van der Waals surface area contributed by atoms with E-state index in [1.807, 2.05) is 0 Å². The summed E-state index contributed by atoms with van der Waals surface area (Å²) in [5.74, 6) is 3.14. The van der Waals surface area contributed by atoms with Crippen LogP contribution in [-0.2, 0) is 0 Å². The van der Waals surface area contributed by atoms with Crippen LogP contribution in [0.15, 0.2) is 0 Å². The maximum absolute atomic E-state index is 6.01. The van der Waals surface area contributed by atoms with Gasteiger partial charge in [-0.15, -0.1) is 0 Å². The lowest BCUT2D eigenvalue weighted by Gasteiger charge is -2.46. The van der Waals surface area contributed by atoms with Crippen LogP contribution in [0.2, 0.25) is 0 Å². The van der Waals surface area contributed by atoms with E-state index in [1.54, 1.807) is 0 Å². The van der Waals surface area contributed by atoms with E-state index >= 15 is 0 Å². The lowest BCUT2D eigenvalue weighted by Crippen LogP contribution is -2.54. The summed E-state index contributed by atoms with van der Waals surface area (Å²) in [6.45, 7) is 3.41. The first kappa shape index (κ1) is 23.2. The van der Waals surface area contributed by atoms with Crippen molar-refractivity contribution in [2.45, 2.75) is 32.1 Å². The molecule has 0 radical (unpaired) electrons. The summed E-state index contributed by atoms with van der Waals surface area (Å²) in [5.41, 5.74) is -0.180. The molecule has 1 fully saturated rings. The summed E-state index contributed by atoms with van der Waals surface area (Å²) in [6.07, 6.45) is 5.74. The number of rotatable bonds is 10. The predicted molar refractivity (Wildman–Crippen MR) is 129 cm³/mol. The van der Waals surface area contributed by atoms with Gasteiger partial charge in [0.2, 0.25) is 0 Å². The van der Waals surface area contributed by atoms with Crippen molar-refractivity contribution in [1.29, 1.82) is 0 Å².